The third-order valence-corrected chi connectivity index (χ3v) is 13.5. The van der Waals surface area contributed by atoms with E-state index in [9.17, 15) is 19.5 Å². The van der Waals surface area contributed by atoms with Gasteiger partial charge in [0.05, 0.1) is 22.8 Å². The molecular weight excluding hydrogens is 572 g/mol. The summed E-state index contributed by atoms with van der Waals surface area (Å²) in [4.78, 5) is 46.1. The molecule has 8 heteroatoms. The number of fused-ring (bicyclic) bond motifs is 1. The third kappa shape index (κ3) is 4.90. The number of aliphatic hydroxyl groups excluding tert-OH is 1. The molecule has 0 spiro atoms. The summed E-state index contributed by atoms with van der Waals surface area (Å²) in [5.41, 5.74) is -0.975. The first-order valence-corrected chi connectivity index (χ1v) is 17.6. The zero-order valence-corrected chi connectivity index (χ0v) is 27.5. The van der Waals surface area contributed by atoms with Gasteiger partial charge in [-0.1, -0.05) is 76.9 Å². The molecule has 238 valence electrons. The number of aliphatic hydroxyl groups is 1. The van der Waals surface area contributed by atoms with E-state index in [0.717, 1.165) is 44.9 Å². The molecule has 6 rings (SSSR count). The molecule has 44 heavy (non-hydrogen) atoms. The first kappa shape index (κ1) is 31.5. The molecule has 4 aliphatic carbocycles. The van der Waals surface area contributed by atoms with Crippen LogP contribution in [0.15, 0.2) is 46.9 Å². The molecule has 0 aliphatic heterocycles. The molecule has 1 aromatic heterocycles. The van der Waals surface area contributed by atoms with Crippen molar-refractivity contribution in [3.8, 4) is 0 Å². The third-order valence-electron chi connectivity index (χ3n) is 12.6. The molecule has 1 aromatic carbocycles. The van der Waals surface area contributed by atoms with Gasteiger partial charge in [0.2, 0.25) is 0 Å². The van der Waals surface area contributed by atoms with E-state index in [1.165, 1.54) is 18.2 Å². The van der Waals surface area contributed by atoms with Gasteiger partial charge in [-0.3, -0.25) is 19.0 Å². The molecule has 0 unspecified atom stereocenters. The number of Topliss-reactive ketones (excluding diaryl/α,β-unsaturated/α-hetero) is 1. The maximum Gasteiger partial charge on any atom is 0.316 e. The Morgan fingerprint density at radius 2 is 1.86 bits per heavy atom. The van der Waals surface area contributed by atoms with E-state index >= 15 is 0 Å². The number of carbonyl (C=O) groups is 2. The molecule has 4 saturated carbocycles. The highest BCUT2D eigenvalue weighted by atomic mass is 32.2. The van der Waals surface area contributed by atoms with E-state index in [-0.39, 0.29) is 52.3 Å². The molecular formula is C36H48N2O5S. The quantitative estimate of drug-likeness (QED) is 0.162. The topological polar surface area (TPSA) is 98.5 Å². The Morgan fingerprint density at radius 1 is 1.14 bits per heavy atom. The summed E-state index contributed by atoms with van der Waals surface area (Å²) in [5.74, 6) is -0.303. The van der Waals surface area contributed by atoms with Gasteiger partial charge in [-0.05, 0) is 67.9 Å². The van der Waals surface area contributed by atoms with E-state index in [1.54, 1.807) is 0 Å². The molecule has 1 N–H and O–H groups in total. The highest BCUT2D eigenvalue weighted by molar-refractivity contribution is 7.99. The summed E-state index contributed by atoms with van der Waals surface area (Å²) in [5, 5.41) is 12.9. The summed E-state index contributed by atoms with van der Waals surface area (Å²) >= 11 is 1.26. The van der Waals surface area contributed by atoms with E-state index in [2.05, 4.69) is 27.4 Å². The summed E-state index contributed by atoms with van der Waals surface area (Å²) in [6, 6.07) is 7.47. The van der Waals surface area contributed by atoms with Gasteiger partial charge in [0.15, 0.2) is 5.16 Å². The number of carbonyl (C=O) groups excluding carboxylic acids is 2. The number of benzene rings is 1. The minimum absolute atomic E-state index is 0.00593. The van der Waals surface area contributed by atoms with Crippen molar-refractivity contribution in [1.29, 1.82) is 0 Å². The van der Waals surface area contributed by atoms with Crippen LogP contribution >= 0.6 is 11.8 Å². The monoisotopic (exact) mass is 620 g/mol. The fourth-order valence-electron chi connectivity index (χ4n) is 9.71. The van der Waals surface area contributed by atoms with E-state index in [1.807, 2.05) is 41.8 Å². The van der Waals surface area contributed by atoms with Gasteiger partial charge in [-0.2, -0.15) is 0 Å². The van der Waals surface area contributed by atoms with Gasteiger partial charge in [0.25, 0.3) is 5.56 Å². The summed E-state index contributed by atoms with van der Waals surface area (Å²) in [6.07, 6.45) is 9.23. The van der Waals surface area contributed by atoms with Crippen molar-refractivity contribution >= 4 is 34.4 Å². The number of para-hydroxylation sites is 1. The Hall–Kier alpha value is -2.45. The van der Waals surface area contributed by atoms with Gasteiger partial charge in [-0.15, -0.1) is 6.58 Å². The van der Waals surface area contributed by atoms with Crippen LogP contribution in [0.25, 0.3) is 10.9 Å². The molecule has 4 aliphatic rings. The second kappa shape index (κ2) is 11.7. The predicted octanol–water partition coefficient (Wildman–Crippen LogP) is 6.90. The largest absolute Gasteiger partial charge is 0.461 e. The van der Waals surface area contributed by atoms with Gasteiger partial charge in [0.1, 0.15) is 11.9 Å². The van der Waals surface area contributed by atoms with Crippen LogP contribution in [0.2, 0.25) is 0 Å². The van der Waals surface area contributed by atoms with Crippen molar-refractivity contribution in [3.63, 3.8) is 0 Å². The Kier molecular flexibility index (Phi) is 8.40. The fraction of sp³-hybridized carbons (Fsp3) is 0.667. The summed E-state index contributed by atoms with van der Waals surface area (Å²) in [6.45, 7) is 12.6. The molecule has 7 nitrogen and oxygen atoms in total. The number of ketones is 1. The van der Waals surface area contributed by atoms with Crippen molar-refractivity contribution < 1.29 is 19.4 Å². The fourth-order valence-corrected chi connectivity index (χ4v) is 10.6. The van der Waals surface area contributed by atoms with E-state index in [4.69, 9.17) is 9.72 Å². The second-order valence-electron chi connectivity index (χ2n) is 14.7. The second-order valence-corrected chi connectivity index (χ2v) is 15.7. The number of hydrogen-bond acceptors (Lipinski definition) is 7. The lowest BCUT2D eigenvalue weighted by Gasteiger charge is -2.61. The van der Waals surface area contributed by atoms with Crippen LogP contribution in [0.3, 0.4) is 0 Å². The molecule has 0 amide bonds. The summed E-state index contributed by atoms with van der Waals surface area (Å²) in [7, 11) is 0. The zero-order valence-electron chi connectivity index (χ0n) is 26.7. The molecule has 1 heterocycles. The van der Waals surface area contributed by atoms with Gasteiger partial charge in [-0.25, -0.2) is 4.98 Å². The van der Waals surface area contributed by atoms with Crippen LogP contribution in [-0.4, -0.2) is 44.4 Å². The number of rotatable bonds is 6. The standard InChI is InChI=1S/C36H48N2O5S/c1-6-34(4)20-28(35(5)22(2)16-18-36(23(3)31(34)41)19-17-27(39)30(35)36)43-29(40)21-44-33-37-26-15-11-10-14-25(26)32(42)38(33)24-12-8-7-9-13-24/h6,10-11,14-15,22-24,28,30-31,41H,1,7-9,12-13,16-21H2,2-5H3/t22-,23+,28-,30+,31+,34-,35+,36+/m1/s1. The van der Waals surface area contributed by atoms with Crippen molar-refractivity contribution in [3.05, 3.63) is 47.3 Å². The van der Waals surface area contributed by atoms with Gasteiger partial charge >= 0.3 is 5.97 Å². The van der Waals surface area contributed by atoms with Crippen LogP contribution in [0.1, 0.15) is 97.9 Å². The number of hydrogen-bond donors (Lipinski definition) is 1. The van der Waals surface area contributed by atoms with Crippen molar-refractivity contribution in [2.45, 2.75) is 115 Å². The molecule has 4 fully saturated rings. The lowest BCUT2D eigenvalue weighted by atomic mass is 9.44. The minimum Gasteiger partial charge on any atom is -0.461 e. The Balaban J connectivity index is 1.32. The first-order valence-electron chi connectivity index (χ1n) is 16.6. The van der Waals surface area contributed by atoms with Crippen LogP contribution in [0, 0.1) is 34.0 Å². The molecule has 2 bridgehead atoms. The molecule has 0 radical (unpaired) electrons. The van der Waals surface area contributed by atoms with Crippen LogP contribution in [0.5, 0.6) is 0 Å². The van der Waals surface area contributed by atoms with E-state index < -0.39 is 23.0 Å². The predicted molar refractivity (Wildman–Crippen MR) is 173 cm³/mol. The maximum atomic E-state index is 13.8. The molecule has 0 saturated heterocycles. The van der Waals surface area contributed by atoms with Gasteiger partial charge in [0, 0.05) is 29.2 Å². The number of nitrogens with zero attached hydrogens (tertiary/aromatic N) is 2. The summed E-state index contributed by atoms with van der Waals surface area (Å²) < 4.78 is 8.28. The minimum atomic E-state index is -0.700. The van der Waals surface area contributed by atoms with Gasteiger partial charge < -0.3 is 9.84 Å². The Labute approximate surface area is 265 Å². The van der Waals surface area contributed by atoms with Crippen molar-refractivity contribution in [2.75, 3.05) is 5.75 Å². The number of aromatic nitrogens is 2. The van der Waals surface area contributed by atoms with Crippen LogP contribution in [0.4, 0.5) is 0 Å². The number of esters is 1. The maximum absolute atomic E-state index is 13.8. The average Bonchev–Trinajstić information content (AvgIpc) is 3.38. The normalized spacial score (nSPS) is 37.7. The van der Waals surface area contributed by atoms with Crippen molar-refractivity contribution in [2.24, 2.45) is 34.0 Å². The highest BCUT2D eigenvalue weighted by Gasteiger charge is 2.68. The van der Waals surface area contributed by atoms with E-state index in [0.29, 0.717) is 28.9 Å². The van der Waals surface area contributed by atoms with Crippen LogP contribution in [-0.2, 0) is 14.3 Å². The molecule has 8 atom stereocenters. The smallest absolute Gasteiger partial charge is 0.316 e. The first-order chi connectivity index (χ1) is 21.0. The lowest BCUT2D eigenvalue weighted by Crippen LogP contribution is -2.63. The number of ether oxygens (including phenoxy) is 1. The average molecular weight is 621 g/mol. The van der Waals surface area contributed by atoms with Crippen molar-refractivity contribution in [1.82, 2.24) is 9.55 Å². The Morgan fingerprint density at radius 3 is 2.59 bits per heavy atom. The highest BCUT2D eigenvalue weighted by Crippen LogP contribution is 2.68. The Bertz CT molecular complexity index is 1520. The number of thioether (sulfide) groups is 1. The SMILES string of the molecule is C=C[C@]1(C)C[C@@H](OC(=O)CSc2nc3ccccc3c(=O)n2C2CCCCC2)[C@]2(C)[C@H](C)CC[C@]3(CCC(=O)[C@H]32)[C@@H](C)[C@@H]1O. The van der Waals surface area contributed by atoms with Crippen LogP contribution < -0.4 is 5.56 Å². The molecule has 2 aromatic rings. The zero-order chi connectivity index (χ0) is 31.4. The lowest BCUT2D eigenvalue weighted by molar-refractivity contribution is -0.205.